The van der Waals surface area contributed by atoms with E-state index >= 15 is 0 Å². The maximum Gasteiger partial charge on any atom is 0.308 e. The number of ether oxygens (including phenoxy) is 3. The van der Waals surface area contributed by atoms with Crippen molar-refractivity contribution in [3.05, 3.63) is 0 Å². The van der Waals surface area contributed by atoms with Crippen molar-refractivity contribution in [3.8, 4) is 0 Å². The summed E-state index contributed by atoms with van der Waals surface area (Å²) >= 11 is 0. The van der Waals surface area contributed by atoms with E-state index in [0.29, 0.717) is 12.8 Å². The number of hydrogen-bond donors (Lipinski definition) is 0. The van der Waals surface area contributed by atoms with Crippen molar-refractivity contribution in [2.75, 3.05) is 7.11 Å². The van der Waals surface area contributed by atoms with E-state index < -0.39 is 5.79 Å². The highest BCUT2D eigenvalue weighted by Gasteiger charge is 2.36. The fourth-order valence-electron chi connectivity index (χ4n) is 1.87. The number of esters is 1. The first-order valence-corrected chi connectivity index (χ1v) is 5.33. The van der Waals surface area contributed by atoms with E-state index in [1.807, 2.05) is 0 Å². The predicted molar refractivity (Wildman–Crippen MR) is 55.8 cm³/mol. The van der Waals surface area contributed by atoms with Crippen LogP contribution in [0.2, 0.25) is 0 Å². The zero-order valence-electron chi connectivity index (χ0n) is 9.89. The minimum Gasteiger partial charge on any atom is -0.469 e. The van der Waals surface area contributed by atoms with Gasteiger partial charge in [-0.25, -0.2) is 0 Å². The molecule has 5 nitrogen and oxygen atoms in total. The molecule has 0 aromatic carbocycles. The summed E-state index contributed by atoms with van der Waals surface area (Å²) in [6.07, 6.45) is 1.44. The number of carbonyl (C=O) groups is 2. The van der Waals surface area contributed by atoms with Crippen LogP contribution in [0, 0.1) is 0 Å². The normalized spacial score (nSPS) is 28.4. The zero-order chi connectivity index (χ0) is 12.2. The zero-order valence-corrected chi connectivity index (χ0v) is 9.89. The number of methoxy groups -OCH3 is 1. The van der Waals surface area contributed by atoms with Gasteiger partial charge in [0, 0.05) is 12.8 Å². The summed E-state index contributed by atoms with van der Waals surface area (Å²) in [5, 5.41) is 0. The Morgan fingerprint density at radius 1 is 1.44 bits per heavy atom. The van der Waals surface area contributed by atoms with Crippen LogP contribution in [0.25, 0.3) is 0 Å². The van der Waals surface area contributed by atoms with Gasteiger partial charge in [-0.1, -0.05) is 0 Å². The molecule has 92 valence electrons. The highest BCUT2D eigenvalue weighted by Crippen LogP contribution is 2.29. The second-order valence-corrected chi connectivity index (χ2v) is 4.30. The Kier molecular flexibility index (Phi) is 4.44. The average Bonchev–Trinajstić information content (AvgIpc) is 2.15. The molecule has 0 saturated carbocycles. The maximum absolute atomic E-state index is 11.1. The number of rotatable bonds is 4. The van der Waals surface area contributed by atoms with Crippen molar-refractivity contribution in [2.24, 2.45) is 0 Å². The number of carbonyl (C=O) groups excluding carboxylic acids is 2. The van der Waals surface area contributed by atoms with Gasteiger partial charge in [-0.05, 0) is 13.8 Å². The Labute approximate surface area is 95.0 Å². The predicted octanol–water partition coefficient (Wildman–Crippen LogP) is 1.05. The van der Waals surface area contributed by atoms with E-state index in [0.717, 1.165) is 6.29 Å². The van der Waals surface area contributed by atoms with E-state index in [1.54, 1.807) is 13.8 Å². The van der Waals surface area contributed by atoms with Crippen LogP contribution in [-0.4, -0.2) is 37.4 Å². The smallest absolute Gasteiger partial charge is 0.308 e. The van der Waals surface area contributed by atoms with E-state index in [1.165, 1.54) is 7.11 Å². The van der Waals surface area contributed by atoms with Crippen molar-refractivity contribution in [1.29, 1.82) is 0 Å². The molecule has 1 heterocycles. The summed E-state index contributed by atoms with van der Waals surface area (Å²) in [6.45, 7) is 3.54. The lowest BCUT2D eigenvalue weighted by Gasteiger charge is -2.40. The molecule has 0 amide bonds. The molecule has 0 spiro atoms. The van der Waals surface area contributed by atoms with E-state index in [2.05, 4.69) is 4.74 Å². The van der Waals surface area contributed by atoms with E-state index in [-0.39, 0.29) is 24.6 Å². The summed E-state index contributed by atoms with van der Waals surface area (Å²) in [5.74, 6) is -1.07. The molecule has 5 heteroatoms. The molecule has 0 bridgehead atoms. The molecule has 2 atom stereocenters. The van der Waals surface area contributed by atoms with Crippen LogP contribution in [-0.2, 0) is 23.8 Å². The molecule has 0 aromatic rings. The molecular weight excluding hydrogens is 212 g/mol. The molecule has 0 N–H and O–H groups in total. The molecule has 0 aliphatic carbocycles. The molecule has 1 aliphatic heterocycles. The SMILES string of the molecule is COC(=O)C[C@@H]1C[C@H](CC=O)OC(C)(C)O1. The summed E-state index contributed by atoms with van der Waals surface area (Å²) in [5.41, 5.74) is 0. The van der Waals surface area contributed by atoms with Crippen molar-refractivity contribution in [1.82, 2.24) is 0 Å². The van der Waals surface area contributed by atoms with Crippen LogP contribution < -0.4 is 0 Å². The highest BCUT2D eigenvalue weighted by atomic mass is 16.7. The lowest BCUT2D eigenvalue weighted by atomic mass is 10.0. The molecule has 1 rings (SSSR count). The fraction of sp³-hybridized carbons (Fsp3) is 0.818. The number of hydrogen-bond acceptors (Lipinski definition) is 5. The lowest BCUT2D eigenvalue weighted by Crippen LogP contribution is -2.45. The van der Waals surface area contributed by atoms with Gasteiger partial charge >= 0.3 is 5.97 Å². The third-order valence-corrected chi connectivity index (χ3v) is 2.41. The van der Waals surface area contributed by atoms with E-state index in [9.17, 15) is 9.59 Å². The fourth-order valence-corrected chi connectivity index (χ4v) is 1.87. The molecule has 1 aliphatic rings. The van der Waals surface area contributed by atoms with Gasteiger partial charge in [0.2, 0.25) is 0 Å². The van der Waals surface area contributed by atoms with Crippen molar-refractivity contribution >= 4 is 12.3 Å². The van der Waals surface area contributed by atoms with Gasteiger partial charge in [-0.3, -0.25) is 4.79 Å². The summed E-state index contributed by atoms with van der Waals surface area (Å²) in [4.78, 5) is 21.6. The van der Waals surface area contributed by atoms with Crippen molar-refractivity contribution in [2.45, 2.75) is 51.1 Å². The monoisotopic (exact) mass is 230 g/mol. The van der Waals surface area contributed by atoms with Crippen LogP contribution in [0.5, 0.6) is 0 Å². The maximum atomic E-state index is 11.1. The van der Waals surface area contributed by atoms with Gasteiger partial charge in [0.15, 0.2) is 5.79 Å². The molecule has 0 radical (unpaired) electrons. The Bertz CT molecular complexity index is 261. The van der Waals surface area contributed by atoms with Crippen LogP contribution in [0.4, 0.5) is 0 Å². The standard InChI is InChI=1S/C11H18O5/c1-11(2)15-8(4-5-12)6-9(16-11)7-10(13)14-3/h5,8-9H,4,6-7H2,1-3H3/t8-,9-/m0/s1. The molecular formula is C11H18O5. The van der Waals surface area contributed by atoms with Gasteiger partial charge < -0.3 is 19.0 Å². The third kappa shape index (κ3) is 3.90. The third-order valence-electron chi connectivity index (χ3n) is 2.41. The summed E-state index contributed by atoms with van der Waals surface area (Å²) in [7, 11) is 1.34. The lowest BCUT2D eigenvalue weighted by molar-refractivity contribution is -0.298. The van der Waals surface area contributed by atoms with Crippen molar-refractivity contribution in [3.63, 3.8) is 0 Å². The van der Waals surface area contributed by atoms with Crippen LogP contribution in [0.1, 0.15) is 33.1 Å². The van der Waals surface area contributed by atoms with Gasteiger partial charge in [-0.2, -0.15) is 0 Å². The first-order valence-electron chi connectivity index (χ1n) is 5.33. The molecule has 16 heavy (non-hydrogen) atoms. The van der Waals surface area contributed by atoms with Gasteiger partial charge in [0.05, 0.1) is 25.7 Å². The molecule has 1 saturated heterocycles. The largest absolute Gasteiger partial charge is 0.469 e. The minimum atomic E-state index is -0.759. The first-order chi connectivity index (χ1) is 7.46. The van der Waals surface area contributed by atoms with Gasteiger partial charge in [-0.15, -0.1) is 0 Å². The Morgan fingerprint density at radius 3 is 2.62 bits per heavy atom. The summed E-state index contributed by atoms with van der Waals surface area (Å²) in [6, 6.07) is 0. The second-order valence-electron chi connectivity index (χ2n) is 4.30. The molecule has 0 aromatic heterocycles. The Balaban J connectivity index is 2.57. The molecule has 0 unspecified atom stereocenters. The topological polar surface area (TPSA) is 61.8 Å². The number of aldehydes is 1. The Hall–Kier alpha value is -0.940. The van der Waals surface area contributed by atoms with Crippen molar-refractivity contribution < 1.29 is 23.8 Å². The minimum absolute atomic E-state index is 0.184. The van der Waals surface area contributed by atoms with Gasteiger partial charge in [0.1, 0.15) is 6.29 Å². The Morgan fingerprint density at radius 2 is 2.06 bits per heavy atom. The van der Waals surface area contributed by atoms with Crippen LogP contribution in [0.3, 0.4) is 0 Å². The quantitative estimate of drug-likeness (QED) is 0.533. The second kappa shape index (κ2) is 5.41. The molecule has 1 fully saturated rings. The van der Waals surface area contributed by atoms with Crippen LogP contribution >= 0.6 is 0 Å². The van der Waals surface area contributed by atoms with Gasteiger partial charge in [0.25, 0.3) is 0 Å². The van der Waals surface area contributed by atoms with E-state index in [4.69, 9.17) is 9.47 Å². The first kappa shape index (κ1) is 13.1. The summed E-state index contributed by atoms with van der Waals surface area (Å²) < 4.78 is 15.7. The van der Waals surface area contributed by atoms with Crippen LogP contribution in [0.15, 0.2) is 0 Å². The highest BCUT2D eigenvalue weighted by molar-refractivity contribution is 5.69. The average molecular weight is 230 g/mol.